The Kier molecular flexibility index (Phi) is 5.99. The van der Waals surface area contributed by atoms with Crippen molar-refractivity contribution in [3.8, 4) is 0 Å². The van der Waals surface area contributed by atoms with Gasteiger partial charge in [0.2, 0.25) is 0 Å². The highest BCUT2D eigenvalue weighted by Gasteiger charge is 2.23. The maximum absolute atomic E-state index is 10.8. The number of hydrogen-bond acceptors (Lipinski definition) is 3. The van der Waals surface area contributed by atoms with Gasteiger partial charge in [0.15, 0.2) is 0 Å². The maximum atomic E-state index is 10.8. The van der Waals surface area contributed by atoms with Crippen LogP contribution >= 0.6 is 0 Å². The molecule has 0 bridgehead atoms. The van der Waals surface area contributed by atoms with Crippen LogP contribution in [0.15, 0.2) is 24.3 Å². The van der Waals surface area contributed by atoms with Crippen molar-refractivity contribution in [2.75, 3.05) is 0 Å². The number of hydrogen-bond donors (Lipinski definition) is 3. The largest absolute Gasteiger partial charge is 0.480 e. The molecule has 106 valence electrons. The van der Waals surface area contributed by atoms with Crippen LogP contribution in [0.1, 0.15) is 44.4 Å². The predicted molar refractivity (Wildman–Crippen MR) is 75.1 cm³/mol. The van der Waals surface area contributed by atoms with E-state index in [0.29, 0.717) is 6.42 Å². The fraction of sp³-hybridized carbons (Fsp3) is 0.533. The summed E-state index contributed by atoms with van der Waals surface area (Å²) in [5.41, 5.74) is 2.03. The van der Waals surface area contributed by atoms with Crippen LogP contribution in [0.5, 0.6) is 0 Å². The molecule has 0 saturated carbocycles. The molecule has 0 aliphatic carbocycles. The van der Waals surface area contributed by atoms with Crippen molar-refractivity contribution in [3.05, 3.63) is 35.4 Å². The minimum atomic E-state index is -0.910. The highest BCUT2D eigenvalue weighted by Crippen LogP contribution is 2.20. The molecular weight excluding hydrogens is 242 g/mol. The third kappa shape index (κ3) is 4.33. The molecule has 3 unspecified atom stereocenters. The van der Waals surface area contributed by atoms with Crippen LogP contribution in [0, 0.1) is 0 Å². The molecule has 1 aromatic carbocycles. The summed E-state index contributed by atoms with van der Waals surface area (Å²) < 4.78 is 0. The van der Waals surface area contributed by atoms with Gasteiger partial charge in [0.25, 0.3) is 0 Å². The molecule has 0 aromatic heterocycles. The van der Waals surface area contributed by atoms with E-state index in [4.69, 9.17) is 5.11 Å². The van der Waals surface area contributed by atoms with E-state index < -0.39 is 18.1 Å². The third-order valence-electron chi connectivity index (χ3n) is 3.38. The second-order valence-corrected chi connectivity index (χ2v) is 4.78. The number of aliphatic carboxylic acids is 1. The molecular formula is C15H23NO3. The monoisotopic (exact) mass is 265 g/mol. The summed E-state index contributed by atoms with van der Waals surface area (Å²) in [7, 11) is 0. The summed E-state index contributed by atoms with van der Waals surface area (Å²) in [4.78, 5) is 10.8. The van der Waals surface area contributed by atoms with Crippen LogP contribution in [0.25, 0.3) is 0 Å². The normalized spacial score (nSPS) is 15.8. The van der Waals surface area contributed by atoms with Crippen molar-refractivity contribution in [1.82, 2.24) is 5.32 Å². The second kappa shape index (κ2) is 7.26. The molecule has 4 nitrogen and oxygen atoms in total. The number of benzene rings is 1. The van der Waals surface area contributed by atoms with Gasteiger partial charge >= 0.3 is 5.97 Å². The molecule has 0 saturated heterocycles. The van der Waals surface area contributed by atoms with Crippen molar-refractivity contribution in [2.45, 2.75) is 51.8 Å². The van der Waals surface area contributed by atoms with Gasteiger partial charge in [-0.15, -0.1) is 0 Å². The molecule has 0 amide bonds. The summed E-state index contributed by atoms with van der Waals surface area (Å²) in [5.74, 6) is -0.910. The summed E-state index contributed by atoms with van der Waals surface area (Å²) in [5, 5.41) is 22.2. The first-order valence-corrected chi connectivity index (χ1v) is 6.75. The van der Waals surface area contributed by atoms with Crippen molar-refractivity contribution >= 4 is 5.97 Å². The standard InChI is InChI=1S/C15H23NO3/c1-4-11-6-8-12(9-7-11)14(17)13(5-2)16-10(3)15(18)19/h6-10,13-14,16-17H,4-5H2,1-3H3,(H,18,19). The summed E-state index contributed by atoms with van der Waals surface area (Å²) in [6.07, 6.45) is 0.925. The van der Waals surface area contributed by atoms with E-state index in [1.807, 2.05) is 31.2 Å². The van der Waals surface area contributed by atoms with Crippen molar-refractivity contribution in [2.24, 2.45) is 0 Å². The minimum Gasteiger partial charge on any atom is -0.480 e. The van der Waals surface area contributed by atoms with E-state index >= 15 is 0 Å². The van der Waals surface area contributed by atoms with E-state index in [1.54, 1.807) is 6.92 Å². The quantitative estimate of drug-likeness (QED) is 0.706. The van der Waals surface area contributed by atoms with Gasteiger partial charge in [-0.2, -0.15) is 0 Å². The lowest BCUT2D eigenvalue weighted by Crippen LogP contribution is -2.44. The van der Waals surface area contributed by atoms with Crippen LogP contribution in [-0.2, 0) is 11.2 Å². The number of carboxylic acids is 1. The van der Waals surface area contributed by atoms with Crippen molar-refractivity contribution in [1.29, 1.82) is 0 Å². The van der Waals surface area contributed by atoms with E-state index in [0.717, 1.165) is 12.0 Å². The van der Waals surface area contributed by atoms with Crippen LogP contribution in [0.2, 0.25) is 0 Å². The second-order valence-electron chi connectivity index (χ2n) is 4.78. The Labute approximate surface area is 114 Å². The zero-order valence-corrected chi connectivity index (χ0v) is 11.8. The highest BCUT2D eigenvalue weighted by molar-refractivity contribution is 5.72. The number of aliphatic hydroxyl groups excluding tert-OH is 1. The first-order valence-electron chi connectivity index (χ1n) is 6.75. The number of rotatable bonds is 7. The van der Waals surface area contributed by atoms with E-state index in [1.165, 1.54) is 5.56 Å². The Bertz CT molecular complexity index is 402. The summed E-state index contributed by atoms with van der Waals surface area (Å²) in [6.45, 7) is 5.59. The molecule has 0 aliphatic rings. The molecule has 0 spiro atoms. The molecule has 1 aromatic rings. The molecule has 19 heavy (non-hydrogen) atoms. The number of carbonyl (C=O) groups is 1. The predicted octanol–water partition coefficient (Wildman–Crippen LogP) is 2.12. The lowest BCUT2D eigenvalue weighted by Gasteiger charge is -2.25. The van der Waals surface area contributed by atoms with E-state index in [9.17, 15) is 9.90 Å². The smallest absolute Gasteiger partial charge is 0.320 e. The fourth-order valence-electron chi connectivity index (χ4n) is 2.01. The van der Waals surface area contributed by atoms with E-state index in [2.05, 4.69) is 12.2 Å². The molecule has 1 rings (SSSR count). The summed E-state index contributed by atoms with van der Waals surface area (Å²) in [6, 6.07) is 6.85. The van der Waals surface area contributed by atoms with Gasteiger partial charge in [0.05, 0.1) is 6.10 Å². The Morgan fingerprint density at radius 3 is 2.26 bits per heavy atom. The van der Waals surface area contributed by atoms with Gasteiger partial charge in [0.1, 0.15) is 6.04 Å². The van der Waals surface area contributed by atoms with Gasteiger partial charge in [-0.1, -0.05) is 38.1 Å². The van der Waals surface area contributed by atoms with Crippen molar-refractivity contribution < 1.29 is 15.0 Å². The third-order valence-corrected chi connectivity index (χ3v) is 3.38. The number of aryl methyl sites for hydroxylation is 1. The molecule has 0 fully saturated rings. The topological polar surface area (TPSA) is 69.6 Å². The van der Waals surface area contributed by atoms with Crippen molar-refractivity contribution in [3.63, 3.8) is 0 Å². The van der Waals surface area contributed by atoms with Crippen LogP contribution < -0.4 is 5.32 Å². The number of nitrogens with one attached hydrogen (secondary N) is 1. The zero-order chi connectivity index (χ0) is 14.4. The average Bonchev–Trinajstić information content (AvgIpc) is 2.43. The van der Waals surface area contributed by atoms with Crippen LogP contribution in [-0.4, -0.2) is 28.3 Å². The highest BCUT2D eigenvalue weighted by atomic mass is 16.4. The van der Waals surface area contributed by atoms with Gasteiger partial charge < -0.3 is 10.2 Å². The van der Waals surface area contributed by atoms with Gasteiger partial charge in [-0.3, -0.25) is 10.1 Å². The summed E-state index contributed by atoms with van der Waals surface area (Å²) >= 11 is 0. The Hall–Kier alpha value is -1.39. The van der Waals surface area contributed by atoms with Gasteiger partial charge in [-0.05, 0) is 30.9 Å². The average molecular weight is 265 g/mol. The maximum Gasteiger partial charge on any atom is 0.320 e. The van der Waals surface area contributed by atoms with Crippen LogP contribution in [0.3, 0.4) is 0 Å². The van der Waals surface area contributed by atoms with Gasteiger partial charge in [-0.25, -0.2) is 0 Å². The van der Waals surface area contributed by atoms with E-state index in [-0.39, 0.29) is 6.04 Å². The Morgan fingerprint density at radius 2 is 1.84 bits per heavy atom. The Balaban J connectivity index is 2.76. The Morgan fingerprint density at radius 1 is 1.26 bits per heavy atom. The molecule has 3 N–H and O–H groups in total. The molecule has 3 atom stereocenters. The lowest BCUT2D eigenvalue weighted by molar-refractivity contribution is -0.139. The fourth-order valence-corrected chi connectivity index (χ4v) is 2.01. The molecule has 0 radical (unpaired) electrons. The molecule has 0 heterocycles. The zero-order valence-electron chi connectivity index (χ0n) is 11.8. The SMILES string of the molecule is CCc1ccc(C(O)C(CC)NC(C)C(=O)O)cc1. The van der Waals surface area contributed by atoms with Gasteiger partial charge in [0, 0.05) is 6.04 Å². The number of carboxylic acid groups (broad SMARTS) is 1. The first-order chi connectivity index (χ1) is 8.99. The molecule has 4 heteroatoms. The lowest BCUT2D eigenvalue weighted by atomic mass is 9.98. The minimum absolute atomic E-state index is 0.265. The van der Waals surface area contributed by atoms with Crippen LogP contribution in [0.4, 0.5) is 0 Å². The first kappa shape index (κ1) is 15.7. The molecule has 0 aliphatic heterocycles. The number of aliphatic hydroxyl groups is 1.